The largest absolute Gasteiger partial charge is 0.497 e. The number of hydrogen-bond donors (Lipinski definition) is 2. The maximum Gasteiger partial charge on any atom is 0.258 e. The molecule has 0 saturated carbocycles. The number of benzene rings is 1. The maximum absolute atomic E-state index is 12.3. The van der Waals surface area contributed by atoms with E-state index in [-0.39, 0.29) is 5.91 Å². The Labute approximate surface area is 147 Å². The van der Waals surface area contributed by atoms with Crippen molar-refractivity contribution in [3.05, 3.63) is 36.2 Å². The first-order valence-corrected chi connectivity index (χ1v) is 8.27. The average Bonchev–Trinajstić information content (AvgIpc) is 2.66. The van der Waals surface area contributed by atoms with Gasteiger partial charge >= 0.3 is 0 Å². The second kappa shape index (κ2) is 9.46. The molecule has 1 heterocycles. The number of amides is 1. The van der Waals surface area contributed by atoms with Gasteiger partial charge in [-0.2, -0.15) is 0 Å². The van der Waals surface area contributed by atoms with Crippen molar-refractivity contribution < 1.29 is 14.3 Å². The summed E-state index contributed by atoms with van der Waals surface area (Å²) in [5.41, 5.74) is 0.923. The second-order valence-electron chi connectivity index (χ2n) is 5.45. The molecule has 0 aliphatic heterocycles. The minimum atomic E-state index is -0.305. The van der Waals surface area contributed by atoms with Crippen molar-refractivity contribution in [2.45, 2.75) is 26.2 Å². The number of methoxy groups -OCH3 is 2. The van der Waals surface area contributed by atoms with E-state index in [0.717, 1.165) is 25.8 Å². The molecule has 0 bridgehead atoms. The van der Waals surface area contributed by atoms with E-state index in [1.54, 1.807) is 25.3 Å². The molecule has 0 atom stereocenters. The Morgan fingerprint density at radius 2 is 1.88 bits per heavy atom. The van der Waals surface area contributed by atoms with E-state index in [2.05, 4.69) is 27.5 Å². The number of nitrogens with one attached hydrogen (secondary N) is 2. The molecule has 1 aromatic heterocycles. The van der Waals surface area contributed by atoms with Gasteiger partial charge in [-0.3, -0.25) is 4.79 Å². The summed E-state index contributed by atoms with van der Waals surface area (Å²) in [6, 6.07) is 5.17. The zero-order valence-electron chi connectivity index (χ0n) is 14.8. The molecule has 1 amide bonds. The Balaban J connectivity index is 1.99. The first-order valence-electron chi connectivity index (χ1n) is 8.27. The van der Waals surface area contributed by atoms with Gasteiger partial charge in [0.15, 0.2) is 0 Å². The van der Waals surface area contributed by atoms with Crippen molar-refractivity contribution in [1.29, 1.82) is 0 Å². The third kappa shape index (κ3) is 5.34. The standard InChI is InChI=1S/C18H24N4O3/c1-4-5-6-9-19-18-20-11-13(12-21-18)17(23)22-15-8-7-14(24-2)10-16(15)25-3/h7-8,10-12H,4-6,9H2,1-3H3,(H,22,23)(H,19,20,21). The molecule has 0 fully saturated rings. The molecular formula is C18H24N4O3. The van der Waals surface area contributed by atoms with Crippen molar-refractivity contribution in [2.24, 2.45) is 0 Å². The Morgan fingerprint density at radius 1 is 1.12 bits per heavy atom. The van der Waals surface area contributed by atoms with Gasteiger partial charge in [0, 0.05) is 25.0 Å². The van der Waals surface area contributed by atoms with Crippen LogP contribution < -0.4 is 20.1 Å². The van der Waals surface area contributed by atoms with E-state index in [1.807, 2.05) is 0 Å². The smallest absolute Gasteiger partial charge is 0.258 e. The van der Waals surface area contributed by atoms with Crippen LogP contribution in [0.3, 0.4) is 0 Å². The molecule has 0 unspecified atom stereocenters. The van der Waals surface area contributed by atoms with Crippen LogP contribution in [0.15, 0.2) is 30.6 Å². The van der Waals surface area contributed by atoms with Crippen LogP contribution in [0, 0.1) is 0 Å². The quantitative estimate of drug-likeness (QED) is 0.679. The van der Waals surface area contributed by atoms with Crippen LogP contribution >= 0.6 is 0 Å². The minimum absolute atomic E-state index is 0.305. The highest BCUT2D eigenvalue weighted by molar-refractivity contribution is 6.04. The van der Waals surface area contributed by atoms with Crippen LogP contribution in [-0.2, 0) is 0 Å². The number of aromatic nitrogens is 2. The summed E-state index contributed by atoms with van der Waals surface area (Å²) in [4.78, 5) is 20.7. The fourth-order valence-corrected chi connectivity index (χ4v) is 2.21. The van der Waals surface area contributed by atoms with Gasteiger partial charge in [-0.1, -0.05) is 19.8 Å². The molecule has 0 aliphatic carbocycles. The predicted octanol–water partition coefficient (Wildman–Crippen LogP) is 3.35. The van der Waals surface area contributed by atoms with Crippen molar-refractivity contribution in [2.75, 3.05) is 31.4 Å². The molecule has 25 heavy (non-hydrogen) atoms. The van der Waals surface area contributed by atoms with Crippen molar-refractivity contribution in [3.63, 3.8) is 0 Å². The van der Waals surface area contributed by atoms with Crippen LogP contribution in [0.4, 0.5) is 11.6 Å². The molecule has 2 aromatic rings. The third-order valence-electron chi connectivity index (χ3n) is 3.63. The van der Waals surface area contributed by atoms with Gasteiger partial charge in [0.25, 0.3) is 5.91 Å². The summed E-state index contributed by atoms with van der Waals surface area (Å²) in [7, 11) is 3.11. The highest BCUT2D eigenvalue weighted by Gasteiger charge is 2.12. The highest BCUT2D eigenvalue weighted by Crippen LogP contribution is 2.29. The van der Waals surface area contributed by atoms with Crippen molar-refractivity contribution in [3.8, 4) is 11.5 Å². The zero-order chi connectivity index (χ0) is 18.1. The van der Waals surface area contributed by atoms with E-state index in [1.165, 1.54) is 19.5 Å². The van der Waals surface area contributed by atoms with Gasteiger partial charge in [0.1, 0.15) is 11.5 Å². The molecular weight excluding hydrogens is 320 g/mol. The lowest BCUT2D eigenvalue weighted by molar-refractivity contribution is 0.102. The summed E-state index contributed by atoms with van der Waals surface area (Å²) in [5, 5.41) is 5.93. The van der Waals surface area contributed by atoms with Gasteiger partial charge in [0.2, 0.25) is 5.95 Å². The lowest BCUT2D eigenvalue weighted by Gasteiger charge is -2.11. The summed E-state index contributed by atoms with van der Waals surface area (Å²) in [5.74, 6) is 1.38. The van der Waals surface area contributed by atoms with Crippen LogP contribution in [0.2, 0.25) is 0 Å². The number of anilines is 2. The van der Waals surface area contributed by atoms with Gasteiger partial charge in [-0.15, -0.1) is 0 Å². The predicted molar refractivity (Wildman–Crippen MR) is 97.5 cm³/mol. The summed E-state index contributed by atoms with van der Waals surface area (Å²) < 4.78 is 10.4. The Morgan fingerprint density at radius 3 is 2.52 bits per heavy atom. The molecule has 0 radical (unpaired) electrons. The van der Waals surface area contributed by atoms with Crippen molar-refractivity contribution >= 4 is 17.5 Å². The summed E-state index contributed by atoms with van der Waals surface area (Å²) in [6.45, 7) is 2.98. The van der Waals surface area contributed by atoms with Crippen LogP contribution in [0.1, 0.15) is 36.5 Å². The van der Waals surface area contributed by atoms with E-state index >= 15 is 0 Å². The summed E-state index contributed by atoms with van der Waals surface area (Å²) >= 11 is 0. The first kappa shape index (κ1) is 18.5. The Hall–Kier alpha value is -2.83. The number of nitrogens with zero attached hydrogens (tertiary/aromatic N) is 2. The molecule has 1 aromatic carbocycles. The number of carbonyl (C=O) groups excluding carboxylic acids is 1. The fourth-order valence-electron chi connectivity index (χ4n) is 2.21. The third-order valence-corrected chi connectivity index (χ3v) is 3.63. The molecule has 0 aliphatic rings. The molecule has 7 nitrogen and oxygen atoms in total. The zero-order valence-corrected chi connectivity index (χ0v) is 14.8. The molecule has 134 valence electrons. The number of rotatable bonds is 9. The Kier molecular flexibility index (Phi) is 7.00. The number of ether oxygens (including phenoxy) is 2. The molecule has 2 rings (SSSR count). The van der Waals surface area contributed by atoms with E-state index in [0.29, 0.717) is 28.7 Å². The van der Waals surface area contributed by atoms with Crippen molar-refractivity contribution in [1.82, 2.24) is 9.97 Å². The lowest BCUT2D eigenvalue weighted by Crippen LogP contribution is -2.14. The van der Waals surface area contributed by atoms with E-state index in [4.69, 9.17) is 9.47 Å². The topological polar surface area (TPSA) is 85.4 Å². The van der Waals surface area contributed by atoms with E-state index in [9.17, 15) is 4.79 Å². The highest BCUT2D eigenvalue weighted by atomic mass is 16.5. The fraction of sp³-hybridized carbons (Fsp3) is 0.389. The van der Waals surface area contributed by atoms with Gasteiger partial charge in [0.05, 0.1) is 25.5 Å². The number of carbonyl (C=O) groups is 1. The van der Waals surface area contributed by atoms with Crippen LogP contribution in [-0.4, -0.2) is 36.6 Å². The minimum Gasteiger partial charge on any atom is -0.497 e. The van der Waals surface area contributed by atoms with Gasteiger partial charge < -0.3 is 20.1 Å². The monoisotopic (exact) mass is 344 g/mol. The Bertz CT molecular complexity index is 689. The average molecular weight is 344 g/mol. The SMILES string of the molecule is CCCCCNc1ncc(C(=O)Nc2ccc(OC)cc2OC)cn1. The van der Waals surface area contributed by atoms with Crippen LogP contribution in [0.25, 0.3) is 0 Å². The van der Waals surface area contributed by atoms with E-state index < -0.39 is 0 Å². The molecule has 7 heteroatoms. The number of hydrogen-bond acceptors (Lipinski definition) is 6. The normalized spacial score (nSPS) is 10.2. The lowest BCUT2D eigenvalue weighted by atomic mass is 10.2. The second-order valence-corrected chi connectivity index (χ2v) is 5.45. The number of unbranched alkanes of at least 4 members (excludes halogenated alkanes) is 2. The maximum atomic E-state index is 12.3. The van der Waals surface area contributed by atoms with Gasteiger partial charge in [-0.05, 0) is 18.6 Å². The summed E-state index contributed by atoms with van der Waals surface area (Å²) in [6.07, 6.45) is 6.40. The molecule has 2 N–H and O–H groups in total. The van der Waals surface area contributed by atoms with Crippen LogP contribution in [0.5, 0.6) is 11.5 Å². The molecule has 0 spiro atoms. The molecule has 0 saturated heterocycles. The van der Waals surface area contributed by atoms with Gasteiger partial charge in [-0.25, -0.2) is 9.97 Å². The first-order chi connectivity index (χ1) is 12.2.